The zero-order valence-corrected chi connectivity index (χ0v) is 10.9. The summed E-state index contributed by atoms with van der Waals surface area (Å²) in [5.41, 5.74) is 7.36. The Kier molecular flexibility index (Phi) is 7.02. The summed E-state index contributed by atoms with van der Waals surface area (Å²) in [4.78, 5) is 2.68. The van der Waals surface area contributed by atoms with Crippen LogP contribution in [0.5, 0.6) is 0 Å². The van der Waals surface area contributed by atoms with E-state index in [1.807, 2.05) is 11.8 Å². The lowest BCUT2D eigenvalue weighted by atomic mass is 10.1. The predicted molar refractivity (Wildman–Crippen MR) is 68.3 cm³/mol. The number of thioether (sulfide) groups is 1. The maximum absolute atomic E-state index is 5.95. The molecule has 0 rings (SSSR count). The lowest BCUT2D eigenvalue weighted by molar-refractivity contribution is 0.884. The monoisotopic (exact) mass is 213 g/mol. The lowest BCUT2D eigenvalue weighted by Crippen LogP contribution is -2.17. The van der Waals surface area contributed by atoms with Gasteiger partial charge in [-0.15, -0.1) is 0 Å². The van der Waals surface area contributed by atoms with Gasteiger partial charge in [-0.25, -0.2) is 0 Å². The number of rotatable bonds is 5. The summed E-state index contributed by atoms with van der Waals surface area (Å²) in [5, 5.41) is 0. The maximum atomic E-state index is 5.95. The molecule has 0 aromatic heterocycles. The smallest absolute Gasteiger partial charge is 0.0329 e. The van der Waals surface area contributed by atoms with Gasteiger partial charge < -0.3 is 5.73 Å². The molecule has 0 radical (unpaired) electrons. The number of allylic oxidation sites excluding steroid dienone is 3. The quantitative estimate of drug-likeness (QED) is 0.745. The van der Waals surface area contributed by atoms with Crippen molar-refractivity contribution >= 4 is 11.8 Å². The first kappa shape index (κ1) is 13.8. The van der Waals surface area contributed by atoms with E-state index in [0.29, 0.717) is 0 Å². The van der Waals surface area contributed by atoms with Gasteiger partial charge in [-0.3, -0.25) is 0 Å². The molecule has 1 atom stereocenters. The molecule has 0 aliphatic carbocycles. The Bertz CT molecular complexity index is 226. The third kappa shape index (κ3) is 4.87. The van der Waals surface area contributed by atoms with E-state index in [1.165, 1.54) is 15.4 Å². The first-order valence-corrected chi connectivity index (χ1v) is 6.14. The van der Waals surface area contributed by atoms with Gasteiger partial charge in [-0.2, -0.15) is 0 Å². The zero-order valence-electron chi connectivity index (χ0n) is 10.1. The number of hydrogen-bond donors (Lipinski definition) is 1. The van der Waals surface area contributed by atoms with Gasteiger partial charge in [0.2, 0.25) is 0 Å². The van der Waals surface area contributed by atoms with Crippen LogP contribution in [0.4, 0.5) is 0 Å². The van der Waals surface area contributed by atoms with Gasteiger partial charge in [0.15, 0.2) is 0 Å². The summed E-state index contributed by atoms with van der Waals surface area (Å²) in [5.74, 6) is 0. The van der Waals surface area contributed by atoms with Gasteiger partial charge >= 0.3 is 0 Å². The molecule has 0 aliphatic heterocycles. The van der Waals surface area contributed by atoms with Crippen LogP contribution in [0.3, 0.4) is 0 Å². The van der Waals surface area contributed by atoms with Crippen LogP contribution in [0.15, 0.2) is 21.5 Å². The van der Waals surface area contributed by atoms with E-state index in [9.17, 15) is 0 Å². The van der Waals surface area contributed by atoms with Gasteiger partial charge in [0.25, 0.3) is 0 Å². The van der Waals surface area contributed by atoms with Crippen LogP contribution in [-0.2, 0) is 0 Å². The molecule has 0 spiro atoms. The summed E-state index contributed by atoms with van der Waals surface area (Å²) >= 11 is 1.83. The molecule has 1 nitrogen and oxygen atoms in total. The minimum atomic E-state index is 0.153. The molecule has 0 saturated heterocycles. The highest BCUT2D eigenvalue weighted by atomic mass is 32.2. The molecule has 0 amide bonds. The first-order valence-electron chi connectivity index (χ1n) is 5.32. The molecule has 14 heavy (non-hydrogen) atoms. The highest BCUT2D eigenvalue weighted by Crippen LogP contribution is 2.30. The molecule has 0 aliphatic rings. The third-order valence-corrected chi connectivity index (χ3v) is 3.56. The Hall–Kier alpha value is -0.210. The number of hydrogen-bond acceptors (Lipinski definition) is 2. The highest BCUT2D eigenvalue weighted by molar-refractivity contribution is 8.06. The van der Waals surface area contributed by atoms with Gasteiger partial charge in [0.05, 0.1) is 0 Å². The fourth-order valence-corrected chi connectivity index (χ4v) is 2.35. The summed E-state index contributed by atoms with van der Waals surface area (Å²) in [6, 6.07) is 0.153. The molecular weight excluding hydrogens is 190 g/mol. The SMILES string of the molecule is CC/C=C(/C)S/C(=C(\C)CC)[C@@H](C)N. The first-order chi connectivity index (χ1) is 6.52. The minimum Gasteiger partial charge on any atom is -0.324 e. The van der Waals surface area contributed by atoms with Crippen molar-refractivity contribution < 1.29 is 0 Å². The second kappa shape index (κ2) is 7.13. The van der Waals surface area contributed by atoms with Crippen molar-refractivity contribution in [3.8, 4) is 0 Å². The lowest BCUT2D eigenvalue weighted by Gasteiger charge is -2.14. The largest absolute Gasteiger partial charge is 0.324 e. The van der Waals surface area contributed by atoms with E-state index in [0.717, 1.165) is 12.8 Å². The molecule has 2 N–H and O–H groups in total. The van der Waals surface area contributed by atoms with E-state index in [1.54, 1.807) is 0 Å². The van der Waals surface area contributed by atoms with Crippen LogP contribution in [0, 0.1) is 0 Å². The second-order valence-electron chi connectivity index (χ2n) is 3.61. The standard InChI is InChI=1S/C12H23NS/c1-6-8-10(4)14-12(11(5)13)9(3)7-2/h8,11H,6-7,13H2,1-5H3/b10-8-,12-9+/t11-/m1/s1. The minimum absolute atomic E-state index is 0.153. The summed E-state index contributed by atoms with van der Waals surface area (Å²) in [6.07, 6.45) is 4.43. The van der Waals surface area contributed by atoms with Crippen molar-refractivity contribution in [1.82, 2.24) is 0 Å². The highest BCUT2D eigenvalue weighted by Gasteiger charge is 2.08. The van der Waals surface area contributed by atoms with Gasteiger partial charge in [-0.1, -0.05) is 37.3 Å². The fourth-order valence-electron chi connectivity index (χ4n) is 1.25. The normalized spacial score (nSPS) is 16.6. The van der Waals surface area contributed by atoms with Crippen LogP contribution < -0.4 is 5.73 Å². The van der Waals surface area contributed by atoms with Gasteiger partial charge in [-0.05, 0) is 38.5 Å². The van der Waals surface area contributed by atoms with Crippen LogP contribution in [0.2, 0.25) is 0 Å². The molecule has 0 heterocycles. The molecular formula is C12H23NS. The predicted octanol–water partition coefficient (Wildman–Crippen LogP) is 4.06. The van der Waals surface area contributed by atoms with Crippen LogP contribution in [0.25, 0.3) is 0 Å². The number of nitrogens with two attached hydrogens (primary N) is 1. The van der Waals surface area contributed by atoms with E-state index in [4.69, 9.17) is 5.73 Å². The molecule has 0 unspecified atom stereocenters. The van der Waals surface area contributed by atoms with Crippen molar-refractivity contribution in [2.75, 3.05) is 0 Å². The van der Waals surface area contributed by atoms with Crippen molar-refractivity contribution in [3.63, 3.8) is 0 Å². The Morgan fingerprint density at radius 2 is 1.93 bits per heavy atom. The molecule has 0 bridgehead atoms. The molecule has 0 aromatic rings. The third-order valence-electron chi connectivity index (χ3n) is 2.13. The fraction of sp³-hybridized carbons (Fsp3) is 0.667. The molecule has 82 valence electrons. The Morgan fingerprint density at radius 1 is 1.36 bits per heavy atom. The van der Waals surface area contributed by atoms with Gasteiger partial charge in [0, 0.05) is 10.9 Å². The molecule has 0 fully saturated rings. The second-order valence-corrected chi connectivity index (χ2v) is 4.90. The topological polar surface area (TPSA) is 26.0 Å². The van der Waals surface area contributed by atoms with E-state index < -0.39 is 0 Å². The average molecular weight is 213 g/mol. The van der Waals surface area contributed by atoms with Crippen LogP contribution >= 0.6 is 11.8 Å². The van der Waals surface area contributed by atoms with Crippen molar-refractivity contribution in [1.29, 1.82) is 0 Å². The molecule has 0 aromatic carbocycles. The van der Waals surface area contributed by atoms with Crippen LogP contribution in [-0.4, -0.2) is 6.04 Å². The Labute approximate surface area is 92.8 Å². The van der Waals surface area contributed by atoms with Crippen molar-refractivity contribution in [3.05, 3.63) is 21.5 Å². The maximum Gasteiger partial charge on any atom is 0.0329 e. The van der Waals surface area contributed by atoms with Crippen LogP contribution in [0.1, 0.15) is 47.5 Å². The van der Waals surface area contributed by atoms with E-state index in [-0.39, 0.29) is 6.04 Å². The van der Waals surface area contributed by atoms with Gasteiger partial charge in [0.1, 0.15) is 0 Å². The zero-order chi connectivity index (χ0) is 11.1. The average Bonchev–Trinajstić information content (AvgIpc) is 2.13. The summed E-state index contributed by atoms with van der Waals surface area (Å²) in [7, 11) is 0. The Balaban J connectivity index is 4.63. The van der Waals surface area contributed by atoms with Crippen molar-refractivity contribution in [2.24, 2.45) is 5.73 Å². The Morgan fingerprint density at radius 3 is 2.29 bits per heavy atom. The van der Waals surface area contributed by atoms with Crippen molar-refractivity contribution in [2.45, 2.75) is 53.5 Å². The summed E-state index contributed by atoms with van der Waals surface area (Å²) in [6.45, 7) is 10.7. The molecule has 2 heteroatoms. The molecule has 0 saturated carbocycles. The summed E-state index contributed by atoms with van der Waals surface area (Å²) < 4.78 is 0. The van der Waals surface area contributed by atoms with E-state index >= 15 is 0 Å². The van der Waals surface area contributed by atoms with E-state index in [2.05, 4.69) is 40.7 Å².